The van der Waals surface area contributed by atoms with E-state index >= 15 is 0 Å². The van der Waals surface area contributed by atoms with Gasteiger partial charge in [-0.3, -0.25) is 24.5 Å². The van der Waals surface area contributed by atoms with Crippen LogP contribution in [0, 0.1) is 33.5 Å². The van der Waals surface area contributed by atoms with E-state index in [1.54, 1.807) is 30.5 Å². The molecule has 0 radical (unpaired) electrons. The summed E-state index contributed by atoms with van der Waals surface area (Å²) >= 11 is 6.26. The third-order valence-electron chi connectivity index (χ3n) is 14.4. The van der Waals surface area contributed by atoms with Crippen molar-refractivity contribution in [2.75, 3.05) is 55.6 Å². The molecule has 6 heterocycles. The van der Waals surface area contributed by atoms with E-state index in [1.807, 2.05) is 24.3 Å². The van der Waals surface area contributed by atoms with Gasteiger partial charge in [-0.05, 0) is 85.9 Å². The van der Waals surface area contributed by atoms with Crippen LogP contribution >= 0.6 is 11.6 Å². The molecule has 1 saturated carbocycles. The number of imide groups is 1. The van der Waals surface area contributed by atoms with Gasteiger partial charge in [-0.2, -0.15) is 9.94 Å². The van der Waals surface area contributed by atoms with E-state index in [0.717, 1.165) is 87.7 Å². The van der Waals surface area contributed by atoms with Gasteiger partial charge < -0.3 is 24.8 Å². The van der Waals surface area contributed by atoms with Crippen molar-refractivity contribution in [3.63, 3.8) is 0 Å². The van der Waals surface area contributed by atoms with Gasteiger partial charge in [-0.25, -0.2) is 4.98 Å². The zero-order valence-electron chi connectivity index (χ0n) is 35.7. The molecule has 2 aromatic carbocycles. The first-order valence-electron chi connectivity index (χ1n) is 21.7. The number of hydrogen-bond acceptors (Lipinski definition) is 12. The molecule has 15 nitrogen and oxygen atoms in total. The van der Waals surface area contributed by atoms with Crippen LogP contribution in [0.25, 0.3) is 10.9 Å². The van der Waals surface area contributed by atoms with Crippen molar-refractivity contribution in [3.8, 4) is 11.8 Å². The number of nitrogens with one attached hydrogen (secondary N) is 2. The summed E-state index contributed by atoms with van der Waals surface area (Å²) < 4.78 is 7.48. The Bertz CT molecular complexity index is 2500. The number of hydrogen-bond donors (Lipinski definition) is 2. The van der Waals surface area contributed by atoms with E-state index in [-0.39, 0.29) is 53.2 Å². The molecule has 2 N–H and O–H groups in total. The van der Waals surface area contributed by atoms with Gasteiger partial charge >= 0.3 is 0 Å². The number of nitrogens with zero attached hydrogens (tertiary/aromatic N) is 8. The molecule has 4 aliphatic heterocycles. The SMILES string of the molecule is CC1(C)[C@H](NC(=O)c2ccc(N3CCC4(CC3)CN(CC3CCN(c5ccc6c(=O)n(C7CCC(=O)NC7=O)nnc6c5)CC3)C4)nc2)C(C)(C)[C@H]1Oc1ccc(C#N)c(Cl)c1. The number of amides is 3. The number of fused-ring (bicyclic) bond motifs is 1. The number of anilines is 2. The fraction of sp³-hybridized carbons (Fsp3) is 0.522. The third-order valence-corrected chi connectivity index (χ3v) is 14.7. The Morgan fingerprint density at radius 2 is 1.69 bits per heavy atom. The first-order chi connectivity index (χ1) is 29.6. The summed E-state index contributed by atoms with van der Waals surface area (Å²) in [6.07, 6.45) is 6.33. The molecule has 0 bridgehead atoms. The average molecular weight is 861 g/mol. The van der Waals surface area contributed by atoms with Gasteiger partial charge in [0, 0.05) is 87.1 Å². The lowest BCUT2D eigenvalue weighted by Crippen LogP contribution is -2.74. The molecular formula is C46H53ClN10O5. The number of ether oxygens (including phenoxy) is 1. The Labute approximate surface area is 365 Å². The number of rotatable bonds is 9. The van der Waals surface area contributed by atoms with Crippen molar-refractivity contribution in [1.82, 2.24) is 35.5 Å². The number of likely N-dealkylation sites (tertiary alicyclic amines) is 1. The molecule has 1 atom stereocenters. The Kier molecular flexibility index (Phi) is 10.7. The second kappa shape index (κ2) is 16.0. The first-order valence-corrected chi connectivity index (χ1v) is 22.1. The fourth-order valence-corrected chi connectivity index (χ4v) is 11.4. The third kappa shape index (κ3) is 7.65. The zero-order chi connectivity index (χ0) is 43.6. The molecule has 9 rings (SSSR count). The number of piperidine rings is 3. The number of carbonyl (C=O) groups excluding carboxylic acids is 3. The quantitative estimate of drug-likeness (QED) is 0.213. The standard InChI is InChI=1S/C46H53ClN10O5/c1-44(2)42(45(3,4)43(44)62-32-8-5-29(23-48)34(47)22-32)51-39(59)30-6-11-37(49-24-30)56-19-15-46(16-20-56)26-54(27-46)25-28-13-17-55(18-14-28)31-7-9-33-35(21-31)52-53-57(41(33)61)36-10-12-38(58)50-40(36)60/h5-9,11,21-22,24,28,36,42-43H,10,12-20,25-27H2,1-4H3,(H,51,59)(H,50,58,60)/t36?,42-,43-. The summed E-state index contributed by atoms with van der Waals surface area (Å²) in [5.74, 6) is 1.12. The second-order valence-electron chi connectivity index (χ2n) is 19.3. The van der Waals surface area contributed by atoms with E-state index < -0.39 is 11.9 Å². The summed E-state index contributed by atoms with van der Waals surface area (Å²) in [6.45, 7) is 15.5. The molecule has 16 heteroatoms. The van der Waals surface area contributed by atoms with Crippen LogP contribution in [0.15, 0.2) is 59.5 Å². The maximum Gasteiger partial charge on any atom is 0.278 e. The lowest BCUT2D eigenvalue weighted by molar-refractivity contribution is -0.164. The average Bonchev–Trinajstić information content (AvgIpc) is 3.25. The van der Waals surface area contributed by atoms with E-state index in [4.69, 9.17) is 21.3 Å². The van der Waals surface area contributed by atoms with E-state index in [0.29, 0.717) is 44.1 Å². The molecule has 5 aliphatic rings. The topological polar surface area (TPSA) is 179 Å². The number of halogens is 1. The van der Waals surface area contributed by atoms with Gasteiger partial charge in [0.2, 0.25) is 5.91 Å². The van der Waals surface area contributed by atoms with Crippen molar-refractivity contribution in [2.24, 2.45) is 22.2 Å². The highest BCUT2D eigenvalue weighted by molar-refractivity contribution is 6.31. The van der Waals surface area contributed by atoms with Crippen LogP contribution in [0.4, 0.5) is 11.5 Å². The minimum Gasteiger partial charge on any atom is -0.489 e. The van der Waals surface area contributed by atoms with Crippen molar-refractivity contribution >= 4 is 51.7 Å². The zero-order valence-corrected chi connectivity index (χ0v) is 36.5. The minimum absolute atomic E-state index is 0.138. The van der Waals surface area contributed by atoms with Crippen LogP contribution in [0.3, 0.4) is 0 Å². The van der Waals surface area contributed by atoms with Crippen molar-refractivity contribution in [3.05, 3.63) is 81.2 Å². The normalized spacial score (nSPS) is 24.5. The number of pyridine rings is 1. The van der Waals surface area contributed by atoms with Crippen LogP contribution in [0.1, 0.15) is 88.2 Å². The van der Waals surface area contributed by atoms with E-state index in [1.165, 1.54) is 0 Å². The Balaban J connectivity index is 0.716. The largest absolute Gasteiger partial charge is 0.489 e. The van der Waals surface area contributed by atoms with Crippen LogP contribution in [-0.4, -0.2) is 101 Å². The highest BCUT2D eigenvalue weighted by atomic mass is 35.5. The maximum absolute atomic E-state index is 13.5. The number of aromatic nitrogens is 4. The van der Waals surface area contributed by atoms with Gasteiger partial charge in [-0.1, -0.05) is 44.5 Å². The monoisotopic (exact) mass is 860 g/mol. The van der Waals surface area contributed by atoms with Gasteiger partial charge in [-0.15, -0.1) is 5.10 Å². The summed E-state index contributed by atoms with van der Waals surface area (Å²) in [5, 5.41) is 23.9. The fourth-order valence-electron chi connectivity index (χ4n) is 11.2. The summed E-state index contributed by atoms with van der Waals surface area (Å²) in [6, 6.07) is 15.7. The molecule has 2 aromatic heterocycles. The molecule has 1 spiro atoms. The van der Waals surface area contributed by atoms with Gasteiger partial charge in [0.1, 0.15) is 35.3 Å². The first kappa shape index (κ1) is 41.7. The number of carbonyl (C=O) groups is 3. The summed E-state index contributed by atoms with van der Waals surface area (Å²) in [7, 11) is 0. The van der Waals surface area contributed by atoms with Gasteiger partial charge in [0.05, 0.1) is 21.5 Å². The van der Waals surface area contributed by atoms with Crippen LogP contribution < -0.4 is 30.7 Å². The smallest absolute Gasteiger partial charge is 0.278 e. The van der Waals surface area contributed by atoms with Gasteiger partial charge in [0.25, 0.3) is 17.4 Å². The lowest BCUT2D eigenvalue weighted by Gasteiger charge is -2.63. The maximum atomic E-state index is 13.5. The molecular weight excluding hydrogens is 808 g/mol. The van der Waals surface area contributed by atoms with E-state index in [9.17, 15) is 24.4 Å². The molecule has 62 heavy (non-hydrogen) atoms. The molecule has 1 aliphatic carbocycles. The van der Waals surface area contributed by atoms with Crippen molar-refractivity contribution in [1.29, 1.82) is 5.26 Å². The molecule has 4 saturated heterocycles. The van der Waals surface area contributed by atoms with E-state index in [2.05, 4.69) is 69.4 Å². The highest BCUT2D eigenvalue weighted by Crippen LogP contribution is 2.55. The predicted octanol–water partition coefficient (Wildman–Crippen LogP) is 5.12. The molecule has 4 aromatic rings. The molecule has 1 unspecified atom stereocenters. The number of nitriles is 1. The van der Waals surface area contributed by atoms with Crippen molar-refractivity contribution < 1.29 is 19.1 Å². The minimum atomic E-state index is -0.838. The Hall–Kier alpha value is -5.59. The second-order valence-corrected chi connectivity index (χ2v) is 19.7. The Morgan fingerprint density at radius 3 is 2.35 bits per heavy atom. The molecule has 5 fully saturated rings. The lowest BCUT2D eigenvalue weighted by atomic mass is 9.49. The van der Waals surface area contributed by atoms with Crippen LogP contribution in [0.5, 0.6) is 5.75 Å². The van der Waals surface area contributed by atoms with Crippen LogP contribution in [-0.2, 0) is 9.59 Å². The van der Waals surface area contributed by atoms with Crippen LogP contribution in [0.2, 0.25) is 5.02 Å². The summed E-state index contributed by atoms with van der Waals surface area (Å²) in [4.78, 5) is 62.7. The van der Waals surface area contributed by atoms with Crippen molar-refractivity contribution in [2.45, 2.75) is 84.4 Å². The predicted molar refractivity (Wildman–Crippen MR) is 234 cm³/mol. The highest BCUT2D eigenvalue weighted by Gasteiger charge is 2.64. The Morgan fingerprint density at radius 1 is 0.952 bits per heavy atom. The molecule has 3 amide bonds. The summed E-state index contributed by atoms with van der Waals surface area (Å²) in [5.41, 5.74) is 1.70. The molecule has 324 valence electrons. The van der Waals surface area contributed by atoms with Gasteiger partial charge in [0.15, 0.2) is 0 Å². The number of benzene rings is 2.